The van der Waals surface area contributed by atoms with Crippen LogP contribution >= 0.6 is 0 Å². The van der Waals surface area contributed by atoms with Gasteiger partial charge in [0.15, 0.2) is 14.6 Å². The van der Waals surface area contributed by atoms with Crippen LogP contribution in [0.5, 0.6) is 0 Å². The maximum atomic E-state index is 7.20. The highest BCUT2D eigenvalue weighted by Gasteiger charge is 2.51. The number of hydrogen-bond acceptors (Lipinski definition) is 6. The van der Waals surface area contributed by atoms with Crippen LogP contribution in [0.15, 0.2) is 121 Å². The van der Waals surface area contributed by atoms with E-state index in [1.54, 1.807) is 0 Å². The molecule has 7 heteroatoms. The van der Waals surface area contributed by atoms with Crippen molar-refractivity contribution in [3.8, 4) is 0 Å². The molecule has 1 fully saturated rings. The van der Waals surface area contributed by atoms with Gasteiger partial charge in [-0.1, -0.05) is 163 Å². The van der Waals surface area contributed by atoms with Crippen LogP contribution in [0.25, 0.3) is 0 Å². The molecule has 5 atom stereocenters. The second kappa shape index (κ2) is 18.9. The highest BCUT2D eigenvalue weighted by atomic mass is 28.4. The van der Waals surface area contributed by atoms with Gasteiger partial charge in [0.2, 0.25) is 0 Å². The fourth-order valence-corrected chi connectivity index (χ4v) is 12.9. The molecule has 4 aromatic carbocycles. The van der Waals surface area contributed by atoms with E-state index in [2.05, 4.69) is 90.1 Å². The summed E-state index contributed by atoms with van der Waals surface area (Å²) in [6.07, 6.45) is -2.77. The van der Waals surface area contributed by atoms with Crippen LogP contribution in [0, 0.1) is 0 Å². The Morgan fingerprint density at radius 2 is 0.800 bits per heavy atom. The third-order valence-corrected chi connectivity index (χ3v) is 16.0. The van der Waals surface area contributed by atoms with E-state index in [9.17, 15) is 0 Å². The Hall–Kier alpha value is -3.14. The van der Waals surface area contributed by atoms with Crippen molar-refractivity contribution >= 4 is 8.32 Å². The van der Waals surface area contributed by atoms with Crippen molar-refractivity contribution in [3.63, 3.8) is 0 Å². The molecule has 0 saturated carbocycles. The molecule has 0 radical (unpaired) electrons. The number of ether oxygens (including phenoxy) is 5. The molecule has 4 aromatic rings. The summed E-state index contributed by atoms with van der Waals surface area (Å²) in [6, 6.07) is 40.9. The van der Waals surface area contributed by atoms with Gasteiger partial charge in [0.25, 0.3) is 0 Å². The van der Waals surface area contributed by atoms with E-state index in [0.717, 1.165) is 22.3 Å². The van der Waals surface area contributed by atoms with Crippen molar-refractivity contribution in [2.24, 2.45) is 0 Å². The van der Waals surface area contributed by atoms with Gasteiger partial charge in [-0.05, 0) is 38.9 Å². The molecule has 0 amide bonds. The standard InChI is InChI=1S/C43H56O6Si/c1-32(2)50(33(3)4,34(5)6)48-31-39-40(44-27-35-19-11-7-12-20-35)41(45-28-36-21-13-8-14-22-36)42(46-29-37-23-15-9-16-24-37)43(49-39)47-30-38-25-17-10-18-26-38/h7-26,32-34,39-43H,27-31H2,1-6H3/t39?,40-,41-,42?,43-/m1/s1. The first-order valence-electron chi connectivity index (χ1n) is 18.2. The van der Waals surface area contributed by atoms with Crippen LogP contribution in [0.3, 0.4) is 0 Å². The molecule has 0 aliphatic carbocycles. The molecule has 1 aliphatic heterocycles. The topological polar surface area (TPSA) is 55.4 Å². The first kappa shape index (κ1) is 38.1. The van der Waals surface area contributed by atoms with Gasteiger partial charge in [-0.2, -0.15) is 0 Å². The van der Waals surface area contributed by atoms with Crippen molar-refractivity contribution in [1.82, 2.24) is 0 Å². The molecule has 0 spiro atoms. The van der Waals surface area contributed by atoms with Gasteiger partial charge in [0.1, 0.15) is 24.4 Å². The van der Waals surface area contributed by atoms with Crippen molar-refractivity contribution in [1.29, 1.82) is 0 Å². The fourth-order valence-electron chi connectivity index (χ4n) is 7.49. The van der Waals surface area contributed by atoms with E-state index < -0.39 is 39.0 Å². The van der Waals surface area contributed by atoms with Gasteiger partial charge in [-0.3, -0.25) is 0 Å². The van der Waals surface area contributed by atoms with Crippen molar-refractivity contribution in [2.75, 3.05) is 6.61 Å². The van der Waals surface area contributed by atoms with Gasteiger partial charge in [-0.25, -0.2) is 0 Å². The predicted molar refractivity (Wildman–Crippen MR) is 202 cm³/mol. The minimum absolute atomic E-state index is 0.369. The Kier molecular flexibility index (Phi) is 14.4. The molecule has 50 heavy (non-hydrogen) atoms. The maximum absolute atomic E-state index is 7.20. The van der Waals surface area contributed by atoms with E-state index in [0.29, 0.717) is 49.7 Å². The lowest BCUT2D eigenvalue weighted by atomic mass is 9.97. The lowest BCUT2D eigenvalue weighted by Crippen LogP contribution is -2.62. The number of rotatable bonds is 18. The molecule has 5 rings (SSSR count). The van der Waals surface area contributed by atoms with Gasteiger partial charge < -0.3 is 28.1 Å². The third kappa shape index (κ3) is 10.0. The molecule has 1 saturated heterocycles. The van der Waals surface area contributed by atoms with Crippen LogP contribution in [0.4, 0.5) is 0 Å². The van der Waals surface area contributed by atoms with Crippen LogP contribution in [-0.2, 0) is 54.5 Å². The molecule has 0 bridgehead atoms. The SMILES string of the molecule is CC(C)[Si](OCC1O[C@@H](OCc2ccccc2)C(OCc2ccccc2)[C@H](OCc2ccccc2)[C@@H]1OCc1ccccc1)(C(C)C)C(C)C. The molecule has 0 N–H and O–H groups in total. The maximum Gasteiger partial charge on any atom is 0.200 e. The van der Waals surface area contributed by atoms with Crippen molar-refractivity contribution in [3.05, 3.63) is 144 Å². The van der Waals surface area contributed by atoms with Crippen LogP contribution in [0.2, 0.25) is 16.6 Å². The summed E-state index contributed by atoms with van der Waals surface area (Å²) >= 11 is 0. The molecular weight excluding hydrogens is 641 g/mol. The zero-order valence-electron chi connectivity index (χ0n) is 30.7. The Morgan fingerprint density at radius 3 is 1.18 bits per heavy atom. The molecule has 1 heterocycles. The summed E-state index contributed by atoms with van der Waals surface area (Å²) in [6.45, 7) is 15.8. The smallest absolute Gasteiger partial charge is 0.200 e. The summed E-state index contributed by atoms with van der Waals surface area (Å²) in [7, 11) is -2.24. The quantitative estimate of drug-likeness (QED) is 0.0966. The van der Waals surface area contributed by atoms with E-state index in [-0.39, 0.29) is 0 Å². The summed E-state index contributed by atoms with van der Waals surface area (Å²) in [5.74, 6) is 0. The average molecular weight is 697 g/mol. The second-order valence-corrected chi connectivity index (χ2v) is 19.7. The highest BCUT2D eigenvalue weighted by Crippen LogP contribution is 2.43. The number of benzene rings is 4. The van der Waals surface area contributed by atoms with Gasteiger partial charge in [0, 0.05) is 0 Å². The minimum atomic E-state index is -2.24. The highest BCUT2D eigenvalue weighted by molar-refractivity contribution is 6.77. The van der Waals surface area contributed by atoms with Gasteiger partial charge >= 0.3 is 0 Å². The van der Waals surface area contributed by atoms with E-state index in [4.69, 9.17) is 28.1 Å². The van der Waals surface area contributed by atoms with Crippen LogP contribution in [0.1, 0.15) is 63.8 Å². The first-order chi connectivity index (χ1) is 24.3. The fraction of sp³-hybridized carbons (Fsp3) is 0.442. The summed E-state index contributed by atoms with van der Waals surface area (Å²) in [5, 5.41) is 0. The lowest BCUT2D eigenvalue weighted by molar-refractivity contribution is -0.328. The van der Waals surface area contributed by atoms with Crippen LogP contribution in [-0.4, -0.2) is 45.6 Å². The minimum Gasteiger partial charge on any atom is -0.413 e. The molecule has 1 aliphatic rings. The van der Waals surface area contributed by atoms with Gasteiger partial charge in [0.05, 0.1) is 33.0 Å². The molecule has 2 unspecified atom stereocenters. The van der Waals surface area contributed by atoms with E-state index in [1.807, 2.05) is 72.8 Å². The molecule has 0 aromatic heterocycles. The van der Waals surface area contributed by atoms with E-state index in [1.165, 1.54) is 0 Å². The third-order valence-electron chi connectivity index (χ3n) is 9.91. The Morgan fingerprint density at radius 1 is 0.460 bits per heavy atom. The molecule has 268 valence electrons. The monoisotopic (exact) mass is 696 g/mol. The zero-order chi connectivity index (χ0) is 35.3. The average Bonchev–Trinajstić information content (AvgIpc) is 3.13. The summed E-state index contributed by atoms with van der Waals surface area (Å²) in [4.78, 5) is 0. The van der Waals surface area contributed by atoms with Crippen molar-refractivity contribution < 1.29 is 28.1 Å². The zero-order valence-corrected chi connectivity index (χ0v) is 31.7. The Bertz CT molecular complexity index is 1480. The van der Waals surface area contributed by atoms with Crippen molar-refractivity contribution in [2.45, 2.75) is 115 Å². The van der Waals surface area contributed by atoms with E-state index >= 15 is 0 Å². The first-order valence-corrected chi connectivity index (χ1v) is 20.3. The Labute approximate surface area is 301 Å². The summed E-state index contributed by atoms with van der Waals surface area (Å²) in [5.41, 5.74) is 5.54. The normalized spacial score (nSPS) is 21.3. The predicted octanol–water partition coefficient (Wildman–Crippen LogP) is 9.88. The van der Waals surface area contributed by atoms with Gasteiger partial charge in [-0.15, -0.1) is 0 Å². The number of hydrogen-bond donors (Lipinski definition) is 0. The molecule has 6 nitrogen and oxygen atoms in total. The Balaban J connectivity index is 1.52. The lowest BCUT2D eigenvalue weighted by Gasteiger charge is -2.48. The van der Waals surface area contributed by atoms with Crippen LogP contribution < -0.4 is 0 Å². The summed E-state index contributed by atoms with van der Waals surface area (Å²) < 4.78 is 41.4. The largest absolute Gasteiger partial charge is 0.413 e. The molecular formula is C43H56O6Si. The second-order valence-electron chi connectivity index (χ2n) is 14.3.